The van der Waals surface area contributed by atoms with Crippen molar-refractivity contribution in [3.05, 3.63) is 23.9 Å². The number of aliphatic imine (C=N–C) groups is 1. The van der Waals surface area contributed by atoms with Gasteiger partial charge in [-0.25, -0.2) is 9.78 Å². The zero-order valence-electron chi connectivity index (χ0n) is 18.5. The van der Waals surface area contributed by atoms with Crippen LogP contribution in [0.5, 0.6) is 0 Å². The number of nitrogens with zero attached hydrogens (tertiary/aromatic N) is 4. The first kappa shape index (κ1) is 24.5. The first-order chi connectivity index (χ1) is 13.8. The number of anilines is 1. The number of hydrogen-bond acceptors (Lipinski definition) is 5. The average Bonchev–Trinajstić information content (AvgIpc) is 3.33. The van der Waals surface area contributed by atoms with Gasteiger partial charge in [0.1, 0.15) is 11.4 Å². The molecule has 1 aromatic rings. The molecule has 0 saturated carbocycles. The number of amides is 1. The van der Waals surface area contributed by atoms with Crippen LogP contribution >= 0.6 is 24.0 Å². The van der Waals surface area contributed by atoms with Gasteiger partial charge in [-0.15, -0.1) is 24.0 Å². The molecule has 9 heteroatoms. The smallest absolute Gasteiger partial charge is 0.407 e. The van der Waals surface area contributed by atoms with Gasteiger partial charge in [-0.05, 0) is 51.7 Å². The summed E-state index contributed by atoms with van der Waals surface area (Å²) in [7, 11) is 1.78. The van der Waals surface area contributed by atoms with E-state index >= 15 is 0 Å². The lowest BCUT2D eigenvalue weighted by atomic mass is 10.2. The Morgan fingerprint density at radius 2 is 2.00 bits per heavy atom. The molecule has 168 valence electrons. The Bertz CT molecular complexity index is 713. The minimum Gasteiger partial charge on any atom is -0.444 e. The second-order valence-electron chi connectivity index (χ2n) is 8.70. The number of carbonyl (C=O) groups excluding carboxylic acids is 1. The first-order valence-corrected chi connectivity index (χ1v) is 10.5. The van der Waals surface area contributed by atoms with Crippen LogP contribution in [0.4, 0.5) is 10.6 Å². The number of pyridine rings is 1. The van der Waals surface area contributed by atoms with Gasteiger partial charge in [-0.3, -0.25) is 4.99 Å². The largest absolute Gasteiger partial charge is 0.444 e. The fourth-order valence-corrected chi connectivity index (χ4v) is 3.71. The maximum Gasteiger partial charge on any atom is 0.407 e. The molecule has 0 aromatic carbocycles. The Morgan fingerprint density at radius 1 is 1.27 bits per heavy atom. The van der Waals surface area contributed by atoms with Crippen LogP contribution in [0.1, 0.15) is 45.6 Å². The van der Waals surface area contributed by atoms with Crippen LogP contribution in [-0.4, -0.2) is 66.8 Å². The molecule has 2 N–H and O–H groups in total. The molecule has 1 unspecified atom stereocenters. The highest BCUT2D eigenvalue weighted by molar-refractivity contribution is 14.0. The molecule has 3 rings (SSSR count). The van der Waals surface area contributed by atoms with Gasteiger partial charge >= 0.3 is 6.09 Å². The number of guanidine groups is 1. The number of likely N-dealkylation sites (tertiary alicyclic amines) is 1. The van der Waals surface area contributed by atoms with E-state index in [1.807, 2.05) is 27.0 Å². The summed E-state index contributed by atoms with van der Waals surface area (Å²) in [5.74, 6) is 1.90. The van der Waals surface area contributed by atoms with Crippen molar-refractivity contribution in [3.63, 3.8) is 0 Å². The molecule has 1 aromatic heterocycles. The number of alkyl carbamates (subject to hydrolysis) is 1. The van der Waals surface area contributed by atoms with Gasteiger partial charge in [0.2, 0.25) is 0 Å². The van der Waals surface area contributed by atoms with Crippen molar-refractivity contribution in [3.8, 4) is 0 Å². The summed E-state index contributed by atoms with van der Waals surface area (Å²) in [6.45, 7) is 10.0. The van der Waals surface area contributed by atoms with E-state index in [9.17, 15) is 4.79 Å². The van der Waals surface area contributed by atoms with E-state index in [0.717, 1.165) is 43.4 Å². The predicted molar refractivity (Wildman–Crippen MR) is 131 cm³/mol. The van der Waals surface area contributed by atoms with Crippen molar-refractivity contribution < 1.29 is 9.53 Å². The summed E-state index contributed by atoms with van der Waals surface area (Å²) in [6, 6.07) is 4.28. The summed E-state index contributed by atoms with van der Waals surface area (Å²) in [4.78, 5) is 25.5. The van der Waals surface area contributed by atoms with Crippen LogP contribution in [0.25, 0.3) is 0 Å². The molecule has 1 atom stereocenters. The van der Waals surface area contributed by atoms with Crippen LogP contribution in [-0.2, 0) is 11.3 Å². The number of nitrogens with one attached hydrogen (secondary N) is 2. The van der Waals surface area contributed by atoms with Crippen LogP contribution in [0.2, 0.25) is 0 Å². The lowest BCUT2D eigenvalue weighted by molar-refractivity contribution is 0.0507. The Hall–Kier alpha value is -1.78. The van der Waals surface area contributed by atoms with E-state index in [1.165, 1.54) is 12.8 Å². The van der Waals surface area contributed by atoms with Gasteiger partial charge in [0.05, 0.1) is 6.04 Å². The molecule has 1 amide bonds. The zero-order chi connectivity index (χ0) is 20.9. The molecule has 2 aliphatic heterocycles. The summed E-state index contributed by atoms with van der Waals surface area (Å²) in [5, 5.41) is 6.36. The van der Waals surface area contributed by atoms with Gasteiger partial charge in [0.15, 0.2) is 5.96 Å². The summed E-state index contributed by atoms with van der Waals surface area (Å²) in [6.07, 6.45) is 4.94. The lowest BCUT2D eigenvalue weighted by Crippen LogP contribution is -2.44. The van der Waals surface area contributed by atoms with Gasteiger partial charge in [-0.2, -0.15) is 0 Å². The van der Waals surface area contributed by atoms with E-state index in [2.05, 4.69) is 42.5 Å². The maximum absolute atomic E-state index is 12.0. The molecular formula is C21H35IN6O2. The summed E-state index contributed by atoms with van der Waals surface area (Å²) >= 11 is 0. The van der Waals surface area contributed by atoms with Crippen molar-refractivity contribution in [2.24, 2.45) is 4.99 Å². The standard InChI is InChI=1S/C21H34N6O2.HI/c1-21(2,3)29-20(28)25-17-9-12-27(15-17)19(22-4)24-14-16-7-8-18(23-13-16)26-10-5-6-11-26;/h7-8,13,17H,5-6,9-12,14-15H2,1-4H3,(H,22,24)(H,25,28);1H. The van der Waals surface area contributed by atoms with E-state index in [1.54, 1.807) is 7.05 Å². The topological polar surface area (TPSA) is 82.1 Å². The van der Waals surface area contributed by atoms with Crippen LogP contribution in [0, 0.1) is 0 Å². The Balaban J connectivity index is 0.00000320. The third-order valence-corrected chi connectivity index (χ3v) is 5.11. The van der Waals surface area contributed by atoms with Crippen molar-refractivity contribution >= 4 is 41.8 Å². The highest BCUT2D eigenvalue weighted by Crippen LogP contribution is 2.17. The molecule has 8 nitrogen and oxygen atoms in total. The van der Waals surface area contributed by atoms with E-state index in [4.69, 9.17) is 4.74 Å². The van der Waals surface area contributed by atoms with E-state index in [0.29, 0.717) is 13.1 Å². The average molecular weight is 530 g/mol. The molecule has 2 aliphatic rings. The fourth-order valence-electron chi connectivity index (χ4n) is 3.71. The second kappa shape index (κ2) is 11.0. The SMILES string of the molecule is CN=C(NCc1ccc(N2CCCC2)nc1)N1CCC(NC(=O)OC(C)(C)C)C1.I. The summed E-state index contributed by atoms with van der Waals surface area (Å²) < 4.78 is 5.35. The van der Waals surface area contributed by atoms with Crippen molar-refractivity contribution in [2.45, 2.75) is 58.2 Å². The maximum atomic E-state index is 12.0. The van der Waals surface area contributed by atoms with Crippen molar-refractivity contribution in [1.82, 2.24) is 20.5 Å². The fraction of sp³-hybridized carbons (Fsp3) is 0.667. The molecule has 0 spiro atoms. The lowest BCUT2D eigenvalue weighted by Gasteiger charge is -2.23. The molecule has 30 heavy (non-hydrogen) atoms. The molecule has 3 heterocycles. The van der Waals surface area contributed by atoms with Gasteiger partial charge in [0, 0.05) is 46.0 Å². The Kier molecular flexibility index (Phi) is 8.99. The van der Waals surface area contributed by atoms with Crippen molar-refractivity contribution in [1.29, 1.82) is 0 Å². The van der Waals surface area contributed by atoms with Crippen LogP contribution < -0.4 is 15.5 Å². The highest BCUT2D eigenvalue weighted by atomic mass is 127. The second-order valence-corrected chi connectivity index (χ2v) is 8.70. The molecule has 0 aliphatic carbocycles. The van der Waals surface area contributed by atoms with Crippen LogP contribution in [0.15, 0.2) is 23.3 Å². The molecule has 2 fully saturated rings. The number of halogens is 1. The normalized spacial score (nSPS) is 19.5. The summed E-state index contributed by atoms with van der Waals surface area (Å²) in [5.41, 5.74) is 0.634. The number of rotatable bonds is 4. The van der Waals surface area contributed by atoms with E-state index < -0.39 is 5.60 Å². The molecule has 2 saturated heterocycles. The zero-order valence-corrected chi connectivity index (χ0v) is 20.8. The molecular weight excluding hydrogens is 495 g/mol. The number of carbonyl (C=O) groups is 1. The minimum absolute atomic E-state index is 0. The number of ether oxygens (including phenoxy) is 1. The number of aromatic nitrogens is 1. The van der Waals surface area contributed by atoms with Crippen LogP contribution in [0.3, 0.4) is 0 Å². The third-order valence-electron chi connectivity index (χ3n) is 5.11. The van der Waals surface area contributed by atoms with E-state index in [-0.39, 0.29) is 36.1 Å². The monoisotopic (exact) mass is 530 g/mol. The Morgan fingerprint density at radius 3 is 2.60 bits per heavy atom. The highest BCUT2D eigenvalue weighted by Gasteiger charge is 2.27. The van der Waals surface area contributed by atoms with Crippen molar-refractivity contribution in [2.75, 3.05) is 38.1 Å². The molecule has 0 bridgehead atoms. The quantitative estimate of drug-likeness (QED) is 0.354. The third kappa shape index (κ3) is 7.17. The van der Waals surface area contributed by atoms with Gasteiger partial charge in [0.25, 0.3) is 0 Å². The first-order valence-electron chi connectivity index (χ1n) is 10.5. The molecule has 0 radical (unpaired) electrons. The Labute approximate surface area is 196 Å². The number of hydrogen-bond donors (Lipinski definition) is 2. The minimum atomic E-state index is -0.488. The van der Waals surface area contributed by atoms with Gasteiger partial charge < -0.3 is 25.2 Å². The van der Waals surface area contributed by atoms with Gasteiger partial charge in [-0.1, -0.05) is 6.07 Å². The predicted octanol–water partition coefficient (Wildman–Crippen LogP) is 2.97.